The SMILES string of the molecule is [CH2+]C(C)(C)OC(=O)N1CCN(C(=O)c2cc(C(C)Cl)ccc2F)CC1. The van der Waals surface area contributed by atoms with Crippen LogP contribution in [0.1, 0.15) is 42.1 Å². The maximum absolute atomic E-state index is 14.0. The van der Waals surface area contributed by atoms with Crippen molar-refractivity contribution in [2.45, 2.75) is 31.7 Å². The van der Waals surface area contributed by atoms with E-state index in [1.54, 1.807) is 26.8 Å². The Morgan fingerprint density at radius 3 is 2.32 bits per heavy atom. The molecule has 0 aliphatic carbocycles. The largest absolute Gasteiger partial charge is 0.413 e. The van der Waals surface area contributed by atoms with E-state index in [9.17, 15) is 14.0 Å². The molecule has 1 fully saturated rings. The minimum atomic E-state index is -0.814. The molecule has 1 unspecified atom stereocenters. The molecule has 1 heterocycles. The topological polar surface area (TPSA) is 49.9 Å². The van der Waals surface area contributed by atoms with Gasteiger partial charge in [0.05, 0.1) is 10.9 Å². The third kappa shape index (κ3) is 5.01. The summed E-state index contributed by atoms with van der Waals surface area (Å²) in [6, 6.07) is 4.31. The summed E-state index contributed by atoms with van der Waals surface area (Å²) in [6.45, 7) is 10.2. The van der Waals surface area contributed by atoms with Gasteiger partial charge in [0.2, 0.25) is 5.60 Å². The summed E-state index contributed by atoms with van der Waals surface area (Å²) in [5.74, 6) is -0.978. The van der Waals surface area contributed by atoms with Gasteiger partial charge in [-0.2, -0.15) is 0 Å². The van der Waals surface area contributed by atoms with Crippen molar-refractivity contribution < 1.29 is 18.7 Å². The number of rotatable bonds is 3. The van der Waals surface area contributed by atoms with E-state index in [0.29, 0.717) is 31.7 Å². The van der Waals surface area contributed by atoms with Crippen LogP contribution in [0.3, 0.4) is 0 Å². The average molecular weight is 370 g/mol. The maximum atomic E-state index is 14.0. The molecule has 1 saturated heterocycles. The van der Waals surface area contributed by atoms with Crippen LogP contribution in [0.5, 0.6) is 0 Å². The second kappa shape index (κ2) is 7.52. The van der Waals surface area contributed by atoms with Gasteiger partial charge in [-0.1, -0.05) is 6.07 Å². The zero-order chi connectivity index (χ0) is 18.8. The van der Waals surface area contributed by atoms with Crippen LogP contribution in [-0.4, -0.2) is 53.6 Å². The molecule has 25 heavy (non-hydrogen) atoms. The molecule has 0 aromatic heterocycles. The lowest BCUT2D eigenvalue weighted by Gasteiger charge is -2.34. The standard InChI is InChI=1S/C18H23ClFN2O3/c1-12(19)13-5-6-15(20)14(11-13)16(23)21-7-9-22(10-8-21)17(24)25-18(2,3)4/h5-6,11-12H,2,7-10H2,1,3-4H3/q+1. The predicted octanol–water partition coefficient (Wildman–Crippen LogP) is 3.63. The summed E-state index contributed by atoms with van der Waals surface area (Å²) in [5, 5.41) is -0.315. The Balaban J connectivity index is 2.02. The summed E-state index contributed by atoms with van der Waals surface area (Å²) in [4.78, 5) is 27.7. The minimum Gasteiger partial charge on any atom is -0.403 e. The third-order valence-corrected chi connectivity index (χ3v) is 4.12. The molecule has 0 spiro atoms. The monoisotopic (exact) mass is 369 g/mol. The van der Waals surface area contributed by atoms with Crippen molar-refractivity contribution in [2.24, 2.45) is 0 Å². The molecule has 1 aromatic rings. The molecule has 1 aromatic carbocycles. The van der Waals surface area contributed by atoms with E-state index in [0.717, 1.165) is 0 Å². The number of hydrogen-bond acceptors (Lipinski definition) is 3. The van der Waals surface area contributed by atoms with Gasteiger partial charge in [0.25, 0.3) is 5.91 Å². The first-order chi connectivity index (χ1) is 11.6. The summed E-state index contributed by atoms with van der Waals surface area (Å²) in [6.07, 6.45) is -0.462. The molecule has 0 radical (unpaired) electrons. The van der Waals surface area contributed by atoms with Crippen LogP contribution in [-0.2, 0) is 4.74 Å². The van der Waals surface area contributed by atoms with Gasteiger partial charge in [0, 0.05) is 40.0 Å². The molecule has 7 heteroatoms. The highest BCUT2D eigenvalue weighted by molar-refractivity contribution is 6.20. The molecular weight excluding hydrogens is 347 g/mol. The Labute approximate surface area is 152 Å². The first-order valence-corrected chi connectivity index (χ1v) is 8.58. The lowest BCUT2D eigenvalue weighted by atomic mass is 10.1. The van der Waals surface area contributed by atoms with Gasteiger partial charge in [-0.05, 0) is 24.6 Å². The molecule has 0 N–H and O–H groups in total. The molecule has 2 rings (SSSR count). The minimum absolute atomic E-state index is 0.0000759. The van der Waals surface area contributed by atoms with Crippen molar-refractivity contribution in [2.75, 3.05) is 26.2 Å². The fourth-order valence-corrected chi connectivity index (χ4v) is 2.65. The number of nitrogens with zero attached hydrogens (tertiary/aromatic N) is 2. The molecule has 1 atom stereocenters. The Morgan fingerprint density at radius 1 is 1.24 bits per heavy atom. The molecule has 5 nitrogen and oxygen atoms in total. The van der Waals surface area contributed by atoms with Gasteiger partial charge in [-0.25, -0.2) is 9.18 Å². The molecular formula is C18H23ClFN2O3+. The van der Waals surface area contributed by atoms with Crippen molar-refractivity contribution in [3.05, 3.63) is 42.1 Å². The van der Waals surface area contributed by atoms with E-state index < -0.39 is 23.4 Å². The number of alkyl halides is 1. The summed E-state index contributed by atoms with van der Waals surface area (Å²) in [7, 11) is 0. The van der Waals surface area contributed by atoms with Gasteiger partial charge < -0.3 is 14.5 Å². The lowest BCUT2D eigenvalue weighted by molar-refractivity contribution is 0.0253. The van der Waals surface area contributed by atoms with Gasteiger partial charge in [-0.15, -0.1) is 11.6 Å². The van der Waals surface area contributed by atoms with Crippen LogP contribution >= 0.6 is 11.6 Å². The Hall–Kier alpha value is -1.95. The van der Waals surface area contributed by atoms with E-state index >= 15 is 0 Å². The zero-order valence-electron chi connectivity index (χ0n) is 14.7. The zero-order valence-corrected chi connectivity index (χ0v) is 15.5. The molecule has 2 amide bonds. The second-order valence-electron chi connectivity index (χ2n) is 6.76. The van der Waals surface area contributed by atoms with Crippen molar-refractivity contribution in [1.29, 1.82) is 0 Å². The Kier molecular flexibility index (Phi) is 5.83. The summed E-state index contributed by atoms with van der Waals surface area (Å²) >= 11 is 6.01. The van der Waals surface area contributed by atoms with Gasteiger partial charge in [0.1, 0.15) is 12.7 Å². The Morgan fingerprint density at radius 2 is 1.80 bits per heavy atom. The van der Waals surface area contributed by atoms with Crippen LogP contribution < -0.4 is 0 Å². The van der Waals surface area contributed by atoms with Crippen LogP contribution in [0.15, 0.2) is 18.2 Å². The molecule has 136 valence electrons. The molecule has 0 bridgehead atoms. The first-order valence-electron chi connectivity index (χ1n) is 8.14. The van der Waals surface area contributed by atoms with Crippen LogP contribution in [0.4, 0.5) is 9.18 Å². The second-order valence-corrected chi connectivity index (χ2v) is 7.42. The van der Waals surface area contributed by atoms with E-state index in [1.807, 2.05) is 0 Å². The average Bonchev–Trinajstić information content (AvgIpc) is 2.53. The number of benzene rings is 1. The van der Waals surface area contributed by atoms with Gasteiger partial charge in [-0.3, -0.25) is 4.79 Å². The highest BCUT2D eigenvalue weighted by Gasteiger charge is 2.31. The highest BCUT2D eigenvalue weighted by Crippen LogP contribution is 2.23. The number of amides is 2. The van der Waals surface area contributed by atoms with Gasteiger partial charge >= 0.3 is 6.09 Å². The van der Waals surface area contributed by atoms with Crippen LogP contribution in [0.2, 0.25) is 0 Å². The molecule has 1 aliphatic rings. The number of carbonyl (C=O) groups excluding carboxylic acids is 2. The maximum Gasteiger partial charge on any atom is 0.413 e. The van der Waals surface area contributed by atoms with Crippen molar-refractivity contribution in [1.82, 2.24) is 9.80 Å². The fourth-order valence-electron chi connectivity index (χ4n) is 2.52. The lowest BCUT2D eigenvalue weighted by Crippen LogP contribution is -2.51. The first kappa shape index (κ1) is 19.4. The number of carbonyl (C=O) groups is 2. The fraction of sp³-hybridized carbons (Fsp3) is 0.500. The predicted molar refractivity (Wildman–Crippen MR) is 94.1 cm³/mol. The Bertz CT molecular complexity index is 650. The number of piperazine rings is 1. The molecule has 0 saturated carbocycles. The highest BCUT2D eigenvalue weighted by atomic mass is 35.5. The molecule has 1 aliphatic heterocycles. The normalized spacial score (nSPS) is 16.5. The summed E-state index contributed by atoms with van der Waals surface area (Å²) < 4.78 is 19.3. The third-order valence-electron chi connectivity index (χ3n) is 3.87. The smallest absolute Gasteiger partial charge is 0.403 e. The van der Waals surface area contributed by atoms with Crippen molar-refractivity contribution in [3.63, 3.8) is 0 Å². The van der Waals surface area contributed by atoms with Crippen molar-refractivity contribution in [3.8, 4) is 0 Å². The quantitative estimate of drug-likeness (QED) is 0.603. The van der Waals surface area contributed by atoms with E-state index in [4.69, 9.17) is 16.3 Å². The van der Waals surface area contributed by atoms with Crippen molar-refractivity contribution >= 4 is 23.6 Å². The number of hydrogen-bond donors (Lipinski definition) is 0. The van der Waals surface area contributed by atoms with Crippen LogP contribution in [0, 0.1) is 12.7 Å². The van der Waals surface area contributed by atoms with E-state index in [1.165, 1.54) is 21.9 Å². The van der Waals surface area contributed by atoms with Crippen LogP contribution in [0.25, 0.3) is 0 Å². The number of ether oxygens (including phenoxy) is 1. The van der Waals surface area contributed by atoms with E-state index in [2.05, 4.69) is 6.92 Å². The van der Waals surface area contributed by atoms with Gasteiger partial charge in [0.15, 0.2) is 0 Å². The number of halogens is 2. The van der Waals surface area contributed by atoms with E-state index in [-0.39, 0.29) is 10.9 Å². The summed E-state index contributed by atoms with van der Waals surface area (Å²) in [5.41, 5.74) is -0.127.